The summed E-state index contributed by atoms with van der Waals surface area (Å²) in [6.45, 7) is 0.963. The number of aryl methyl sites for hydroxylation is 1. The van der Waals surface area contributed by atoms with Gasteiger partial charge in [-0.15, -0.1) is 5.10 Å². The van der Waals surface area contributed by atoms with E-state index in [2.05, 4.69) is 15.6 Å². The fourth-order valence-electron chi connectivity index (χ4n) is 2.91. The zero-order chi connectivity index (χ0) is 21.7. The topological polar surface area (TPSA) is 106 Å². The minimum absolute atomic E-state index is 0.0467. The molecule has 0 bridgehead atoms. The van der Waals surface area contributed by atoms with Crippen LogP contribution in [0.25, 0.3) is 11.0 Å². The van der Waals surface area contributed by atoms with Crippen molar-refractivity contribution < 1.29 is 17.9 Å². The molecule has 9 nitrogen and oxygen atoms in total. The lowest BCUT2D eigenvalue weighted by Gasteiger charge is -2.11. The first-order chi connectivity index (χ1) is 14.3. The molecule has 30 heavy (non-hydrogen) atoms. The van der Waals surface area contributed by atoms with Crippen molar-refractivity contribution in [2.24, 2.45) is 0 Å². The maximum absolute atomic E-state index is 12.2. The lowest BCUT2D eigenvalue weighted by Crippen LogP contribution is -2.22. The number of hydrogen-bond donors (Lipinski definition) is 1. The van der Waals surface area contributed by atoms with Gasteiger partial charge in [0.2, 0.25) is 15.9 Å². The van der Waals surface area contributed by atoms with E-state index in [1.807, 2.05) is 24.3 Å². The molecule has 0 saturated carbocycles. The molecule has 0 radical (unpaired) electrons. The molecule has 0 unspecified atom stereocenters. The van der Waals surface area contributed by atoms with E-state index >= 15 is 0 Å². The van der Waals surface area contributed by atoms with Gasteiger partial charge in [-0.3, -0.25) is 4.79 Å². The molecule has 0 saturated heterocycles. The lowest BCUT2D eigenvalue weighted by molar-refractivity contribution is -0.121. The van der Waals surface area contributed by atoms with Crippen molar-refractivity contribution in [1.29, 1.82) is 0 Å². The van der Waals surface area contributed by atoms with Crippen molar-refractivity contribution in [2.45, 2.75) is 30.8 Å². The number of carbonyl (C=O) groups is 1. The molecule has 2 aromatic carbocycles. The van der Waals surface area contributed by atoms with Crippen LogP contribution in [0.5, 0.6) is 5.75 Å². The molecule has 0 fully saturated rings. The number of aromatic nitrogens is 3. The second kappa shape index (κ2) is 9.23. The van der Waals surface area contributed by atoms with Crippen LogP contribution in [0.2, 0.25) is 0 Å². The van der Waals surface area contributed by atoms with Gasteiger partial charge >= 0.3 is 0 Å². The summed E-state index contributed by atoms with van der Waals surface area (Å²) >= 11 is 0. The van der Waals surface area contributed by atoms with Crippen molar-refractivity contribution in [3.8, 4) is 5.75 Å². The highest BCUT2D eigenvalue weighted by Gasteiger charge is 2.18. The van der Waals surface area contributed by atoms with Gasteiger partial charge in [-0.1, -0.05) is 17.3 Å². The number of ether oxygens (including phenoxy) is 1. The second-order valence-corrected chi connectivity index (χ2v) is 9.13. The van der Waals surface area contributed by atoms with Crippen LogP contribution in [-0.4, -0.2) is 54.8 Å². The van der Waals surface area contributed by atoms with E-state index in [4.69, 9.17) is 4.74 Å². The Morgan fingerprint density at radius 1 is 1.17 bits per heavy atom. The predicted molar refractivity (Wildman–Crippen MR) is 112 cm³/mol. The first kappa shape index (κ1) is 21.7. The van der Waals surface area contributed by atoms with Gasteiger partial charge in [0.25, 0.3) is 0 Å². The first-order valence-electron chi connectivity index (χ1n) is 9.46. The third-order valence-corrected chi connectivity index (χ3v) is 6.50. The lowest BCUT2D eigenvalue weighted by atomic mass is 10.2. The van der Waals surface area contributed by atoms with Crippen LogP contribution in [0, 0.1) is 0 Å². The van der Waals surface area contributed by atoms with Gasteiger partial charge in [0, 0.05) is 33.6 Å². The number of carbonyl (C=O) groups excluding carboxylic acids is 1. The fourth-order valence-corrected chi connectivity index (χ4v) is 3.83. The Morgan fingerprint density at radius 2 is 1.90 bits per heavy atom. The number of hydrogen-bond acceptors (Lipinski definition) is 6. The summed E-state index contributed by atoms with van der Waals surface area (Å²) in [6.07, 6.45) is 0.940. The number of fused-ring (bicyclic) bond motifs is 1. The number of methoxy groups -OCH3 is 1. The number of amides is 1. The van der Waals surface area contributed by atoms with Crippen molar-refractivity contribution in [3.63, 3.8) is 0 Å². The zero-order valence-electron chi connectivity index (χ0n) is 17.2. The normalized spacial score (nSPS) is 11.7. The highest BCUT2D eigenvalue weighted by molar-refractivity contribution is 7.89. The Balaban J connectivity index is 1.53. The minimum Gasteiger partial charge on any atom is -0.497 e. The Bertz CT molecular complexity index is 1120. The van der Waals surface area contributed by atoms with E-state index in [1.54, 1.807) is 23.9 Å². The largest absolute Gasteiger partial charge is 0.497 e. The fraction of sp³-hybridized carbons (Fsp3) is 0.350. The van der Waals surface area contributed by atoms with Crippen molar-refractivity contribution >= 4 is 27.0 Å². The predicted octanol–water partition coefficient (Wildman–Crippen LogP) is 1.79. The molecular weight excluding hydrogens is 406 g/mol. The van der Waals surface area contributed by atoms with Gasteiger partial charge in [0.1, 0.15) is 11.3 Å². The van der Waals surface area contributed by atoms with Gasteiger partial charge < -0.3 is 10.1 Å². The number of rotatable bonds is 9. The van der Waals surface area contributed by atoms with Gasteiger partial charge in [0.15, 0.2) is 0 Å². The smallest absolute Gasteiger partial charge is 0.242 e. The quantitative estimate of drug-likeness (QED) is 0.554. The maximum Gasteiger partial charge on any atom is 0.242 e. The molecule has 3 rings (SSSR count). The summed E-state index contributed by atoms with van der Waals surface area (Å²) in [5.41, 5.74) is 2.23. The minimum atomic E-state index is -3.52. The van der Waals surface area contributed by atoms with Crippen LogP contribution in [-0.2, 0) is 27.9 Å². The highest BCUT2D eigenvalue weighted by atomic mass is 32.2. The molecule has 10 heteroatoms. The van der Waals surface area contributed by atoms with E-state index in [0.717, 1.165) is 21.1 Å². The van der Waals surface area contributed by atoms with Crippen molar-refractivity contribution in [1.82, 2.24) is 24.6 Å². The molecule has 0 spiro atoms. The summed E-state index contributed by atoms with van der Waals surface area (Å²) in [4.78, 5) is 12.3. The van der Waals surface area contributed by atoms with E-state index in [-0.39, 0.29) is 10.8 Å². The molecule has 1 aromatic heterocycles. The van der Waals surface area contributed by atoms with Crippen LogP contribution in [0.4, 0.5) is 0 Å². The summed E-state index contributed by atoms with van der Waals surface area (Å²) in [6, 6.07) is 12.3. The third-order valence-electron chi connectivity index (χ3n) is 4.69. The average molecular weight is 432 g/mol. The average Bonchev–Trinajstić information content (AvgIpc) is 3.15. The first-order valence-corrected chi connectivity index (χ1v) is 10.9. The van der Waals surface area contributed by atoms with Gasteiger partial charge in [-0.25, -0.2) is 17.4 Å². The molecule has 1 heterocycles. The summed E-state index contributed by atoms with van der Waals surface area (Å²) in [7, 11) is 1.05. The Kier molecular flexibility index (Phi) is 6.68. The molecule has 0 aliphatic carbocycles. The van der Waals surface area contributed by atoms with E-state index in [1.165, 1.54) is 20.2 Å². The van der Waals surface area contributed by atoms with E-state index in [0.29, 0.717) is 31.4 Å². The molecule has 1 N–H and O–H groups in total. The molecule has 0 aliphatic heterocycles. The number of benzene rings is 2. The number of nitrogens with one attached hydrogen (secondary N) is 1. The van der Waals surface area contributed by atoms with E-state index < -0.39 is 10.0 Å². The highest BCUT2D eigenvalue weighted by Crippen LogP contribution is 2.19. The standard InChI is InChI=1S/C20H25N5O4S/c1-24(2)30(27,28)17-10-11-19-18(13-17)22-23-25(19)12-4-5-20(26)21-14-15-6-8-16(29-3)9-7-15/h6-11,13H,4-5,12,14H2,1-3H3,(H,21,26). The van der Waals surface area contributed by atoms with E-state index in [9.17, 15) is 13.2 Å². The van der Waals surface area contributed by atoms with Crippen molar-refractivity contribution in [2.75, 3.05) is 21.2 Å². The van der Waals surface area contributed by atoms with Crippen LogP contribution >= 0.6 is 0 Å². The monoisotopic (exact) mass is 431 g/mol. The molecule has 3 aromatic rings. The van der Waals surface area contributed by atoms with Gasteiger partial charge in [0.05, 0.1) is 17.5 Å². The van der Waals surface area contributed by atoms with Crippen LogP contribution < -0.4 is 10.1 Å². The Labute approximate surface area is 175 Å². The molecule has 1 amide bonds. The van der Waals surface area contributed by atoms with Crippen LogP contribution in [0.3, 0.4) is 0 Å². The SMILES string of the molecule is COc1ccc(CNC(=O)CCCn2nnc3cc(S(=O)(=O)N(C)C)ccc32)cc1. The van der Waals surface area contributed by atoms with Crippen molar-refractivity contribution in [3.05, 3.63) is 48.0 Å². The number of nitrogens with zero attached hydrogens (tertiary/aromatic N) is 4. The summed E-state index contributed by atoms with van der Waals surface area (Å²) < 4.78 is 32.4. The zero-order valence-corrected chi connectivity index (χ0v) is 18.0. The Morgan fingerprint density at radius 3 is 2.57 bits per heavy atom. The molecule has 0 atom stereocenters. The molecule has 160 valence electrons. The molecule has 0 aliphatic rings. The maximum atomic E-state index is 12.2. The van der Waals surface area contributed by atoms with Crippen LogP contribution in [0.1, 0.15) is 18.4 Å². The van der Waals surface area contributed by atoms with Gasteiger partial charge in [-0.2, -0.15) is 0 Å². The third kappa shape index (κ3) is 4.95. The Hall–Kier alpha value is -2.98. The second-order valence-electron chi connectivity index (χ2n) is 6.98. The number of sulfonamides is 1. The molecular formula is C20H25N5O4S. The van der Waals surface area contributed by atoms with Crippen LogP contribution in [0.15, 0.2) is 47.4 Å². The van der Waals surface area contributed by atoms with Gasteiger partial charge in [-0.05, 0) is 42.3 Å². The summed E-state index contributed by atoms with van der Waals surface area (Å²) in [5.74, 6) is 0.728. The summed E-state index contributed by atoms with van der Waals surface area (Å²) in [5, 5.41) is 11.0.